The number of aliphatic carboxylic acids is 1. The number of fused-ring (bicyclic) bond motifs is 1. The lowest BCUT2D eigenvalue weighted by Gasteiger charge is -2.13. The Bertz CT molecular complexity index is 1030. The molecule has 0 saturated heterocycles. The molecule has 0 aromatic heterocycles. The third-order valence-electron chi connectivity index (χ3n) is 5.30. The first-order chi connectivity index (χ1) is 15.6. The molecule has 4 nitrogen and oxygen atoms in total. The molecule has 32 heavy (non-hydrogen) atoms. The fraction of sp³-hybridized carbons (Fsp3) is 0.296. The highest BCUT2D eigenvalue weighted by Gasteiger charge is 2.05. The second-order valence-corrected chi connectivity index (χ2v) is 7.82. The van der Waals surface area contributed by atoms with Crippen molar-refractivity contribution in [3.8, 4) is 5.75 Å². The zero-order chi connectivity index (χ0) is 22.6. The number of nitrogens with one attached hydrogen (secondary N) is 1. The van der Waals surface area contributed by atoms with Crippen molar-refractivity contribution in [1.29, 1.82) is 0 Å². The Hall–Kier alpha value is -3.18. The Morgan fingerprint density at radius 1 is 1.00 bits per heavy atom. The number of hydrogen-bond donors (Lipinski definition) is 2. The molecule has 0 aliphatic rings. The van der Waals surface area contributed by atoms with Crippen LogP contribution in [0.2, 0.25) is 0 Å². The van der Waals surface area contributed by atoms with Crippen molar-refractivity contribution in [2.45, 2.75) is 32.1 Å². The van der Waals surface area contributed by atoms with Crippen LogP contribution in [0.15, 0.2) is 78.4 Å². The Morgan fingerprint density at radius 2 is 1.78 bits per heavy atom. The maximum absolute atomic E-state index is 13.1. The maximum atomic E-state index is 13.1. The lowest BCUT2D eigenvalue weighted by Crippen LogP contribution is -2.22. The van der Waals surface area contributed by atoms with Crippen molar-refractivity contribution in [2.24, 2.45) is 0 Å². The number of benzene rings is 3. The monoisotopic (exact) mass is 435 g/mol. The normalized spacial score (nSPS) is 11.6. The molecule has 3 rings (SSSR count). The summed E-state index contributed by atoms with van der Waals surface area (Å²) in [4.78, 5) is 10.7. The highest BCUT2D eigenvalue weighted by molar-refractivity contribution is 5.88. The van der Waals surface area contributed by atoms with Crippen molar-refractivity contribution in [2.75, 3.05) is 19.7 Å². The van der Waals surface area contributed by atoms with E-state index in [1.807, 2.05) is 24.3 Å². The SMILES string of the molecule is O=C(O)CCCCC=C(CNCCc1ccc(F)cc1)COc1cccc2ccccc12. The second-order valence-electron chi connectivity index (χ2n) is 7.82. The standard InChI is InChI=1S/C27H30FNO3/c28-24-15-13-21(14-16-24)17-18-29-19-22(7-2-1-3-12-27(30)31)20-32-26-11-6-9-23-8-4-5-10-25(23)26/h4-11,13-16,29H,1-3,12,17-20H2,(H,30,31). The minimum Gasteiger partial charge on any atom is -0.489 e. The quantitative estimate of drug-likeness (QED) is 0.265. The highest BCUT2D eigenvalue weighted by Crippen LogP contribution is 2.25. The van der Waals surface area contributed by atoms with Gasteiger partial charge in [0.2, 0.25) is 0 Å². The zero-order valence-corrected chi connectivity index (χ0v) is 18.2. The van der Waals surface area contributed by atoms with Crippen molar-refractivity contribution >= 4 is 16.7 Å². The van der Waals surface area contributed by atoms with E-state index in [9.17, 15) is 9.18 Å². The summed E-state index contributed by atoms with van der Waals surface area (Å²) in [7, 11) is 0. The Balaban J connectivity index is 1.55. The summed E-state index contributed by atoms with van der Waals surface area (Å²) in [6.45, 7) is 1.93. The molecule has 0 aliphatic heterocycles. The third kappa shape index (κ3) is 7.82. The molecule has 0 fully saturated rings. The Morgan fingerprint density at radius 3 is 2.59 bits per heavy atom. The first-order valence-corrected chi connectivity index (χ1v) is 11.1. The van der Waals surface area contributed by atoms with Crippen LogP contribution in [0.1, 0.15) is 31.2 Å². The van der Waals surface area contributed by atoms with Gasteiger partial charge in [-0.25, -0.2) is 4.39 Å². The van der Waals surface area contributed by atoms with Crippen molar-refractivity contribution < 1.29 is 19.0 Å². The Kier molecular flexibility index (Phi) is 9.26. The summed E-state index contributed by atoms with van der Waals surface area (Å²) >= 11 is 0. The van der Waals surface area contributed by atoms with E-state index in [2.05, 4.69) is 29.6 Å². The van der Waals surface area contributed by atoms with Crippen LogP contribution < -0.4 is 10.1 Å². The van der Waals surface area contributed by atoms with Crippen molar-refractivity contribution in [3.05, 3.63) is 89.8 Å². The minimum absolute atomic E-state index is 0.200. The van der Waals surface area contributed by atoms with Crippen LogP contribution in [0.25, 0.3) is 10.8 Å². The van der Waals surface area contributed by atoms with Crippen LogP contribution in [0.3, 0.4) is 0 Å². The smallest absolute Gasteiger partial charge is 0.303 e. The average Bonchev–Trinajstić information content (AvgIpc) is 2.80. The van der Waals surface area contributed by atoms with Gasteiger partial charge in [0.1, 0.15) is 18.2 Å². The van der Waals surface area contributed by atoms with Gasteiger partial charge >= 0.3 is 5.97 Å². The summed E-state index contributed by atoms with van der Waals surface area (Å²) < 4.78 is 19.2. The molecule has 0 radical (unpaired) electrons. The number of carboxylic acid groups (broad SMARTS) is 1. The van der Waals surface area contributed by atoms with E-state index in [4.69, 9.17) is 9.84 Å². The van der Waals surface area contributed by atoms with E-state index in [-0.39, 0.29) is 12.2 Å². The second kappa shape index (κ2) is 12.6. The molecule has 0 heterocycles. The van der Waals surface area contributed by atoms with Crippen LogP contribution in [-0.2, 0) is 11.2 Å². The summed E-state index contributed by atoms with van der Waals surface area (Å²) in [5, 5.41) is 14.5. The number of unbranched alkanes of at least 4 members (excludes halogenated alkanes) is 2. The number of allylic oxidation sites excluding steroid dienone is 1. The van der Waals surface area contributed by atoms with Crippen molar-refractivity contribution in [3.63, 3.8) is 0 Å². The molecular formula is C27H30FNO3. The van der Waals surface area contributed by atoms with Gasteiger partial charge < -0.3 is 15.2 Å². The van der Waals surface area contributed by atoms with E-state index in [0.717, 1.165) is 53.5 Å². The largest absolute Gasteiger partial charge is 0.489 e. The van der Waals surface area contributed by atoms with Gasteiger partial charge in [-0.1, -0.05) is 54.6 Å². The van der Waals surface area contributed by atoms with E-state index in [0.29, 0.717) is 19.6 Å². The summed E-state index contributed by atoms with van der Waals surface area (Å²) in [6.07, 6.45) is 5.49. The fourth-order valence-corrected chi connectivity index (χ4v) is 3.53. The number of ether oxygens (including phenoxy) is 1. The summed E-state index contributed by atoms with van der Waals surface area (Å²) in [6, 6.07) is 20.8. The van der Waals surface area contributed by atoms with Gasteiger partial charge in [0, 0.05) is 18.4 Å². The average molecular weight is 436 g/mol. The molecule has 2 N–H and O–H groups in total. The molecule has 168 valence electrons. The van der Waals surface area contributed by atoms with Crippen LogP contribution >= 0.6 is 0 Å². The molecule has 0 aliphatic carbocycles. The minimum atomic E-state index is -0.754. The van der Waals surface area contributed by atoms with Crippen LogP contribution in [0.4, 0.5) is 4.39 Å². The predicted molar refractivity (Wildman–Crippen MR) is 127 cm³/mol. The van der Waals surface area contributed by atoms with E-state index in [1.165, 1.54) is 12.1 Å². The van der Waals surface area contributed by atoms with Crippen LogP contribution in [0.5, 0.6) is 5.75 Å². The highest BCUT2D eigenvalue weighted by atomic mass is 19.1. The first-order valence-electron chi connectivity index (χ1n) is 11.1. The van der Waals surface area contributed by atoms with Gasteiger partial charge in [0.25, 0.3) is 0 Å². The van der Waals surface area contributed by atoms with E-state index < -0.39 is 5.97 Å². The van der Waals surface area contributed by atoms with E-state index in [1.54, 1.807) is 12.1 Å². The molecule has 0 unspecified atom stereocenters. The van der Waals surface area contributed by atoms with Crippen molar-refractivity contribution in [1.82, 2.24) is 5.32 Å². The maximum Gasteiger partial charge on any atom is 0.303 e. The molecule has 0 saturated carbocycles. The molecule has 0 bridgehead atoms. The lowest BCUT2D eigenvalue weighted by atomic mass is 10.1. The molecule has 5 heteroatoms. The first kappa shape index (κ1) is 23.5. The van der Waals surface area contributed by atoms with E-state index >= 15 is 0 Å². The molecular weight excluding hydrogens is 405 g/mol. The number of halogens is 1. The fourth-order valence-electron chi connectivity index (χ4n) is 3.53. The summed E-state index contributed by atoms with van der Waals surface area (Å²) in [5.41, 5.74) is 2.22. The van der Waals surface area contributed by atoms with Gasteiger partial charge in [0.05, 0.1) is 0 Å². The predicted octanol–water partition coefficient (Wildman–Crippen LogP) is 5.76. The summed E-state index contributed by atoms with van der Waals surface area (Å²) in [5.74, 6) is -0.123. The van der Waals surface area contributed by atoms with Gasteiger partial charge in [-0.3, -0.25) is 4.79 Å². The van der Waals surface area contributed by atoms with Crippen LogP contribution in [0, 0.1) is 5.82 Å². The zero-order valence-electron chi connectivity index (χ0n) is 18.2. The van der Waals surface area contributed by atoms with Gasteiger partial charge in [-0.15, -0.1) is 0 Å². The topological polar surface area (TPSA) is 58.6 Å². The molecule has 0 atom stereocenters. The van der Waals surface area contributed by atoms with Gasteiger partial charge in [-0.2, -0.15) is 0 Å². The lowest BCUT2D eigenvalue weighted by molar-refractivity contribution is -0.137. The number of hydrogen-bond acceptors (Lipinski definition) is 3. The van der Waals surface area contributed by atoms with Gasteiger partial charge in [0.15, 0.2) is 0 Å². The van der Waals surface area contributed by atoms with Crippen LogP contribution in [-0.4, -0.2) is 30.8 Å². The molecule has 0 spiro atoms. The third-order valence-corrected chi connectivity index (χ3v) is 5.30. The molecule has 3 aromatic carbocycles. The van der Waals surface area contributed by atoms with Gasteiger partial charge in [-0.05, 0) is 66.9 Å². The number of rotatable bonds is 13. The number of carbonyl (C=O) groups is 1. The Labute approximate surface area is 188 Å². The molecule has 0 amide bonds. The number of carboxylic acids is 1. The molecule has 3 aromatic rings.